The van der Waals surface area contributed by atoms with Gasteiger partial charge in [-0.05, 0) is 38.5 Å². The molecule has 0 aromatic rings. The molecule has 1 unspecified atom stereocenters. The molecule has 1 saturated carbocycles. The van der Waals surface area contributed by atoms with Crippen LogP contribution in [0.2, 0.25) is 0 Å². The van der Waals surface area contributed by atoms with Crippen LogP contribution in [0.4, 0.5) is 0 Å². The molecule has 1 spiro atoms. The predicted molar refractivity (Wildman–Crippen MR) is 71.3 cm³/mol. The molecule has 0 radical (unpaired) electrons. The van der Waals surface area contributed by atoms with E-state index in [0.29, 0.717) is 12.5 Å². The van der Waals surface area contributed by atoms with Gasteiger partial charge in [-0.2, -0.15) is 0 Å². The summed E-state index contributed by atoms with van der Waals surface area (Å²) in [7, 11) is 0. The van der Waals surface area contributed by atoms with Crippen LogP contribution in [0.3, 0.4) is 0 Å². The van der Waals surface area contributed by atoms with E-state index in [9.17, 15) is 0 Å². The van der Waals surface area contributed by atoms with Crippen LogP contribution in [-0.4, -0.2) is 30.7 Å². The number of ether oxygens (including phenoxy) is 2. The Balaban J connectivity index is 1.65. The van der Waals surface area contributed by atoms with Crippen LogP contribution in [0.25, 0.3) is 0 Å². The van der Waals surface area contributed by atoms with Gasteiger partial charge in [0.15, 0.2) is 5.79 Å². The van der Waals surface area contributed by atoms with Gasteiger partial charge >= 0.3 is 0 Å². The van der Waals surface area contributed by atoms with E-state index in [4.69, 9.17) is 14.6 Å². The van der Waals surface area contributed by atoms with Crippen LogP contribution in [0, 0.1) is 5.92 Å². The van der Waals surface area contributed by atoms with Gasteiger partial charge in [-0.1, -0.05) is 18.6 Å². The van der Waals surface area contributed by atoms with Gasteiger partial charge in [0.05, 0.1) is 13.2 Å². The van der Waals surface area contributed by atoms with Crippen LogP contribution < -0.4 is 0 Å². The smallest absolute Gasteiger partial charge is 0.171 e. The molecule has 1 aliphatic heterocycles. The Kier molecular flexibility index (Phi) is 5.67. The van der Waals surface area contributed by atoms with Gasteiger partial charge in [0.1, 0.15) is 0 Å². The van der Waals surface area contributed by atoms with Crippen molar-refractivity contribution >= 4 is 0 Å². The molecule has 2 aliphatic rings. The fourth-order valence-corrected chi connectivity index (χ4v) is 3.10. The summed E-state index contributed by atoms with van der Waals surface area (Å²) < 4.78 is 11.7. The van der Waals surface area contributed by atoms with Gasteiger partial charge in [-0.25, -0.2) is 0 Å². The average molecular weight is 254 g/mol. The van der Waals surface area contributed by atoms with E-state index in [1.54, 1.807) is 0 Å². The standard InChI is InChI=1S/C15H26O3/c16-11-6-4-2-1-3-5-8-14-9-7-10-15(14)17-12-13-18-15/h3,5,14,16H,1-2,4,6-13H2/b5-3+. The van der Waals surface area contributed by atoms with E-state index in [-0.39, 0.29) is 5.79 Å². The SMILES string of the molecule is OCCCCC/C=C/CC1CCCC12OCCO2. The van der Waals surface area contributed by atoms with Crippen molar-refractivity contribution in [3.05, 3.63) is 12.2 Å². The van der Waals surface area contributed by atoms with Gasteiger partial charge < -0.3 is 14.6 Å². The molecule has 1 aliphatic carbocycles. The molecule has 0 bridgehead atoms. The number of unbranched alkanes of at least 4 members (excludes halogenated alkanes) is 3. The van der Waals surface area contributed by atoms with Crippen LogP contribution in [-0.2, 0) is 9.47 Å². The first kappa shape index (κ1) is 14.0. The van der Waals surface area contributed by atoms with Gasteiger partial charge in [0, 0.05) is 18.9 Å². The van der Waals surface area contributed by atoms with Crippen molar-refractivity contribution in [2.24, 2.45) is 5.92 Å². The number of hydrogen-bond acceptors (Lipinski definition) is 3. The van der Waals surface area contributed by atoms with Crippen molar-refractivity contribution < 1.29 is 14.6 Å². The number of hydrogen-bond donors (Lipinski definition) is 1. The van der Waals surface area contributed by atoms with Gasteiger partial charge in [-0.3, -0.25) is 0 Å². The molecule has 1 N–H and O–H groups in total. The molecule has 0 aromatic carbocycles. The van der Waals surface area contributed by atoms with E-state index in [1.165, 1.54) is 19.3 Å². The molecular formula is C15H26O3. The van der Waals surface area contributed by atoms with E-state index >= 15 is 0 Å². The second-order valence-corrected chi connectivity index (χ2v) is 5.38. The maximum Gasteiger partial charge on any atom is 0.171 e. The maximum atomic E-state index is 8.68. The molecule has 18 heavy (non-hydrogen) atoms. The Hall–Kier alpha value is -0.380. The molecule has 104 valence electrons. The van der Waals surface area contributed by atoms with Crippen molar-refractivity contribution in [3.63, 3.8) is 0 Å². The van der Waals surface area contributed by atoms with E-state index in [1.807, 2.05) is 0 Å². The number of aliphatic hydroxyl groups is 1. The Morgan fingerprint density at radius 3 is 2.72 bits per heavy atom. The lowest BCUT2D eigenvalue weighted by Gasteiger charge is -2.28. The van der Waals surface area contributed by atoms with Crippen LogP contribution in [0.15, 0.2) is 12.2 Å². The van der Waals surface area contributed by atoms with Crippen molar-refractivity contribution in [1.82, 2.24) is 0 Å². The fourth-order valence-electron chi connectivity index (χ4n) is 3.10. The monoisotopic (exact) mass is 254 g/mol. The highest BCUT2D eigenvalue weighted by Crippen LogP contribution is 2.44. The molecule has 2 rings (SSSR count). The number of allylic oxidation sites excluding steroid dienone is 2. The summed E-state index contributed by atoms with van der Waals surface area (Å²) in [4.78, 5) is 0. The second kappa shape index (κ2) is 7.27. The molecule has 3 nitrogen and oxygen atoms in total. The van der Waals surface area contributed by atoms with E-state index in [0.717, 1.165) is 45.3 Å². The molecule has 3 heteroatoms. The van der Waals surface area contributed by atoms with Crippen molar-refractivity contribution in [1.29, 1.82) is 0 Å². The minimum Gasteiger partial charge on any atom is -0.396 e. The topological polar surface area (TPSA) is 38.7 Å². The zero-order valence-electron chi connectivity index (χ0n) is 11.3. The highest BCUT2D eigenvalue weighted by molar-refractivity contribution is 4.94. The van der Waals surface area contributed by atoms with Crippen LogP contribution >= 0.6 is 0 Å². The normalized spacial score (nSPS) is 26.6. The third-order valence-corrected chi connectivity index (χ3v) is 4.09. The summed E-state index contributed by atoms with van der Waals surface area (Å²) in [5.74, 6) is 0.315. The summed E-state index contributed by atoms with van der Waals surface area (Å²) in [5.41, 5.74) is 0. The van der Waals surface area contributed by atoms with Gasteiger partial charge in [0.2, 0.25) is 0 Å². The largest absolute Gasteiger partial charge is 0.396 e. The van der Waals surface area contributed by atoms with Crippen LogP contribution in [0.5, 0.6) is 0 Å². The summed E-state index contributed by atoms with van der Waals surface area (Å²) in [5, 5.41) is 8.68. The maximum absolute atomic E-state index is 8.68. The summed E-state index contributed by atoms with van der Waals surface area (Å²) in [6, 6.07) is 0. The second-order valence-electron chi connectivity index (χ2n) is 5.38. The number of aliphatic hydroxyl groups excluding tert-OH is 1. The minimum absolute atomic E-state index is 0.235. The Bertz CT molecular complexity index is 251. The van der Waals surface area contributed by atoms with E-state index in [2.05, 4.69) is 12.2 Å². The zero-order chi connectivity index (χ0) is 12.7. The minimum atomic E-state index is -0.235. The fraction of sp³-hybridized carbons (Fsp3) is 0.867. The van der Waals surface area contributed by atoms with E-state index < -0.39 is 0 Å². The van der Waals surface area contributed by atoms with Crippen molar-refractivity contribution in [2.75, 3.05) is 19.8 Å². The van der Waals surface area contributed by atoms with Gasteiger partial charge in [-0.15, -0.1) is 0 Å². The predicted octanol–water partition coefficient (Wildman–Crippen LogP) is 3.03. The number of rotatable bonds is 7. The molecular weight excluding hydrogens is 228 g/mol. The Morgan fingerprint density at radius 1 is 1.11 bits per heavy atom. The lowest BCUT2D eigenvalue weighted by atomic mass is 9.98. The first-order valence-corrected chi connectivity index (χ1v) is 7.41. The average Bonchev–Trinajstić information content (AvgIpc) is 3.00. The highest BCUT2D eigenvalue weighted by Gasteiger charge is 2.46. The summed E-state index contributed by atoms with van der Waals surface area (Å²) in [6.07, 6.45) is 13.6. The van der Waals surface area contributed by atoms with Gasteiger partial charge in [0.25, 0.3) is 0 Å². The van der Waals surface area contributed by atoms with Crippen molar-refractivity contribution in [2.45, 2.75) is 57.2 Å². The quantitative estimate of drug-likeness (QED) is 0.560. The summed E-state index contributed by atoms with van der Waals surface area (Å²) in [6.45, 7) is 1.85. The molecule has 1 saturated heterocycles. The third kappa shape index (κ3) is 3.56. The van der Waals surface area contributed by atoms with Crippen LogP contribution in [0.1, 0.15) is 51.4 Å². The van der Waals surface area contributed by atoms with Crippen molar-refractivity contribution in [3.8, 4) is 0 Å². The first-order valence-electron chi connectivity index (χ1n) is 7.41. The molecule has 2 fully saturated rings. The molecule has 0 aromatic heterocycles. The molecule has 0 amide bonds. The third-order valence-electron chi connectivity index (χ3n) is 4.09. The molecule has 1 atom stereocenters. The Morgan fingerprint density at radius 2 is 1.94 bits per heavy atom. The molecule has 1 heterocycles. The zero-order valence-corrected chi connectivity index (χ0v) is 11.3. The first-order chi connectivity index (χ1) is 8.87. The lowest BCUT2D eigenvalue weighted by molar-refractivity contribution is -0.180. The Labute approximate surface area is 110 Å². The lowest BCUT2D eigenvalue weighted by Crippen LogP contribution is -2.34. The summed E-state index contributed by atoms with van der Waals surface area (Å²) >= 11 is 0. The highest BCUT2D eigenvalue weighted by atomic mass is 16.7.